The molecule has 71 valence electrons. The van der Waals surface area contributed by atoms with Gasteiger partial charge in [0.1, 0.15) is 0 Å². The Morgan fingerprint density at radius 3 is 2.36 bits per heavy atom. The van der Waals surface area contributed by atoms with E-state index in [-0.39, 0.29) is 44.3 Å². The van der Waals surface area contributed by atoms with Crippen molar-refractivity contribution in [3.05, 3.63) is 48.7 Å². The molecule has 0 unspecified atom stereocenters. The fourth-order valence-corrected chi connectivity index (χ4v) is 1.02. The molecule has 0 N–H and O–H groups in total. The molecule has 1 radical (unpaired) electrons. The third-order valence-corrected chi connectivity index (χ3v) is 1.62. The van der Waals surface area contributed by atoms with Crippen molar-refractivity contribution >= 4 is 11.6 Å². The van der Waals surface area contributed by atoms with E-state index < -0.39 is 0 Å². The largest absolute Gasteiger partial charge is 0.331 e. The second-order valence-electron chi connectivity index (χ2n) is 2.78. The van der Waals surface area contributed by atoms with E-state index in [1.54, 1.807) is 24.3 Å². The minimum Gasteiger partial charge on any atom is -0.331 e. The second-order valence-corrected chi connectivity index (χ2v) is 2.78. The molecule has 1 aromatic rings. The summed E-state index contributed by atoms with van der Waals surface area (Å²) >= 11 is 0. The zero-order chi connectivity index (χ0) is 9.84. The maximum atomic E-state index is 11.4. The standard InChI is InChI=1S/C11H10O2.Y/c1-8-5-3-4-6-10(8)11(13)7-9(2)12;/h3-7H,1H2,2H3;/q-2;. The molecule has 0 bridgehead atoms. The summed E-state index contributed by atoms with van der Waals surface area (Å²) in [5, 5.41) is 0. The number of hydrogen-bond acceptors (Lipinski definition) is 2. The molecule has 14 heavy (non-hydrogen) atoms. The molecule has 0 amide bonds. The summed E-state index contributed by atoms with van der Waals surface area (Å²) in [5.41, 5.74) is 1.13. The molecule has 0 saturated heterocycles. The van der Waals surface area contributed by atoms with Crippen molar-refractivity contribution in [3.8, 4) is 0 Å². The van der Waals surface area contributed by atoms with Gasteiger partial charge in [0, 0.05) is 38.5 Å². The van der Waals surface area contributed by atoms with Crippen LogP contribution in [0.25, 0.3) is 0 Å². The average molecular weight is 263 g/mol. The molecular formula is C11H10O2Y-2. The molecule has 1 rings (SSSR count). The molecule has 0 aliphatic rings. The summed E-state index contributed by atoms with van der Waals surface area (Å²) < 4.78 is 0. The van der Waals surface area contributed by atoms with E-state index in [4.69, 9.17) is 0 Å². The van der Waals surface area contributed by atoms with Crippen LogP contribution in [0.3, 0.4) is 0 Å². The van der Waals surface area contributed by atoms with Gasteiger partial charge in [-0.2, -0.15) is 6.07 Å². The Morgan fingerprint density at radius 2 is 1.86 bits per heavy atom. The van der Waals surface area contributed by atoms with Crippen LogP contribution >= 0.6 is 0 Å². The first-order valence-corrected chi connectivity index (χ1v) is 3.92. The summed E-state index contributed by atoms with van der Waals surface area (Å²) in [4.78, 5) is 22.0. The first-order chi connectivity index (χ1) is 6.11. The fraction of sp³-hybridized carbons (Fsp3) is 0.0909. The average Bonchev–Trinajstić information content (AvgIpc) is 2.03. The van der Waals surface area contributed by atoms with Crippen LogP contribution in [-0.2, 0) is 37.5 Å². The van der Waals surface area contributed by atoms with Crippen LogP contribution in [0.15, 0.2) is 24.3 Å². The molecule has 0 aromatic heterocycles. The van der Waals surface area contributed by atoms with Crippen LogP contribution in [-0.4, -0.2) is 11.6 Å². The molecule has 0 aliphatic heterocycles. The van der Waals surface area contributed by atoms with Crippen LogP contribution in [0.2, 0.25) is 0 Å². The summed E-state index contributed by atoms with van der Waals surface area (Å²) in [5.74, 6) is -0.522. The van der Waals surface area contributed by atoms with Crippen molar-refractivity contribution in [1.82, 2.24) is 0 Å². The van der Waals surface area contributed by atoms with Crippen molar-refractivity contribution in [3.63, 3.8) is 0 Å². The zero-order valence-electron chi connectivity index (χ0n) is 7.99. The number of carbonyl (C=O) groups excluding carboxylic acids is 2. The molecule has 0 saturated carbocycles. The van der Waals surface area contributed by atoms with Crippen molar-refractivity contribution in [2.24, 2.45) is 0 Å². The van der Waals surface area contributed by atoms with Gasteiger partial charge in [-0.1, -0.05) is 6.07 Å². The normalized spacial score (nSPS) is 8.64. The Balaban J connectivity index is 0.00000169. The topological polar surface area (TPSA) is 34.1 Å². The Bertz CT molecular complexity index is 345. The van der Waals surface area contributed by atoms with Gasteiger partial charge in [-0.05, 0) is 6.92 Å². The van der Waals surface area contributed by atoms with Crippen molar-refractivity contribution in [2.45, 2.75) is 6.92 Å². The van der Waals surface area contributed by atoms with Crippen molar-refractivity contribution in [2.75, 3.05) is 0 Å². The van der Waals surface area contributed by atoms with Gasteiger partial charge in [-0.15, -0.1) is 24.1 Å². The minimum atomic E-state index is -0.280. The van der Waals surface area contributed by atoms with Gasteiger partial charge in [-0.25, -0.2) is 12.5 Å². The number of benzene rings is 1. The zero-order valence-corrected chi connectivity index (χ0v) is 10.8. The summed E-state index contributed by atoms with van der Waals surface area (Å²) in [6.45, 7) is 5.05. The van der Waals surface area contributed by atoms with Gasteiger partial charge in [0.25, 0.3) is 0 Å². The third-order valence-electron chi connectivity index (χ3n) is 1.62. The number of carbonyl (C=O) groups is 2. The van der Waals surface area contributed by atoms with Crippen LogP contribution in [0.4, 0.5) is 0 Å². The van der Waals surface area contributed by atoms with E-state index in [1.807, 2.05) is 0 Å². The fourth-order valence-electron chi connectivity index (χ4n) is 1.02. The third kappa shape index (κ3) is 3.64. The molecular weight excluding hydrogens is 253 g/mol. The van der Waals surface area contributed by atoms with E-state index in [2.05, 4.69) is 6.92 Å². The Morgan fingerprint density at radius 1 is 1.29 bits per heavy atom. The Hall–Kier alpha value is -0.596. The molecule has 3 heteroatoms. The van der Waals surface area contributed by atoms with Crippen LogP contribution in [0, 0.1) is 13.3 Å². The van der Waals surface area contributed by atoms with E-state index in [1.165, 1.54) is 6.92 Å². The number of hydrogen-bond donors (Lipinski definition) is 0. The minimum absolute atomic E-state index is 0. The SMILES string of the molecule is [CH2-]c1ccccc1C(=O)[CH-]C(C)=O.[Y]. The maximum absolute atomic E-state index is 11.4. The van der Waals surface area contributed by atoms with Crippen LogP contribution < -0.4 is 0 Å². The smallest absolute Gasteiger partial charge is 0.0768 e. The van der Waals surface area contributed by atoms with Crippen molar-refractivity contribution < 1.29 is 42.3 Å². The maximum Gasteiger partial charge on any atom is 0.0768 e. The predicted molar refractivity (Wildman–Crippen MR) is 50.2 cm³/mol. The Kier molecular flexibility index (Phi) is 5.74. The van der Waals surface area contributed by atoms with E-state index in [0.717, 1.165) is 6.42 Å². The molecule has 0 spiro atoms. The molecule has 2 nitrogen and oxygen atoms in total. The number of ketones is 2. The van der Waals surface area contributed by atoms with E-state index in [0.29, 0.717) is 11.1 Å². The van der Waals surface area contributed by atoms with Gasteiger partial charge in [0.15, 0.2) is 0 Å². The van der Waals surface area contributed by atoms with Gasteiger partial charge in [-0.3, -0.25) is 0 Å². The predicted octanol–water partition coefficient (Wildman–Crippen LogP) is 1.84. The summed E-state index contributed by atoms with van der Waals surface area (Å²) in [7, 11) is 0. The molecule has 0 aliphatic carbocycles. The van der Waals surface area contributed by atoms with E-state index >= 15 is 0 Å². The second kappa shape index (κ2) is 5.99. The van der Waals surface area contributed by atoms with Crippen molar-refractivity contribution in [1.29, 1.82) is 0 Å². The molecule has 0 atom stereocenters. The van der Waals surface area contributed by atoms with Gasteiger partial charge in [0.2, 0.25) is 0 Å². The van der Waals surface area contributed by atoms with Crippen LogP contribution in [0.1, 0.15) is 22.8 Å². The van der Waals surface area contributed by atoms with Gasteiger partial charge < -0.3 is 9.59 Å². The number of Topliss-reactive ketones (excluding diaryl/α,β-unsaturated/α-hetero) is 2. The first kappa shape index (κ1) is 13.4. The Labute approximate surface area is 109 Å². The van der Waals surface area contributed by atoms with Crippen LogP contribution in [0.5, 0.6) is 0 Å². The molecule has 0 fully saturated rings. The van der Waals surface area contributed by atoms with Gasteiger partial charge >= 0.3 is 0 Å². The van der Waals surface area contributed by atoms with E-state index in [9.17, 15) is 9.59 Å². The number of rotatable bonds is 3. The molecule has 0 heterocycles. The first-order valence-electron chi connectivity index (χ1n) is 3.92. The van der Waals surface area contributed by atoms with Gasteiger partial charge in [0.05, 0.1) is 5.78 Å². The molecule has 1 aromatic carbocycles. The summed E-state index contributed by atoms with van der Waals surface area (Å²) in [6, 6.07) is 6.94. The quantitative estimate of drug-likeness (QED) is 0.473. The summed E-state index contributed by atoms with van der Waals surface area (Å²) in [6.07, 6.45) is 1.07. The monoisotopic (exact) mass is 263 g/mol.